The molecule has 1 aromatic rings. The van der Waals surface area contributed by atoms with Crippen molar-refractivity contribution in [1.82, 2.24) is 10.2 Å². The van der Waals surface area contributed by atoms with Crippen molar-refractivity contribution in [1.29, 1.82) is 0 Å². The standard InChI is InChI=1S/C17H24N2O2/c20-16-6-3-4-13(10-16)11-17(21)19(15-7-8-15)12-14-5-1-2-9-18-14/h3-4,6,10,14-15,18,20H,1-2,5,7-9,11-12H2. The maximum Gasteiger partial charge on any atom is 0.227 e. The average molecular weight is 288 g/mol. The first-order chi connectivity index (χ1) is 10.2. The van der Waals surface area contributed by atoms with Crippen molar-refractivity contribution in [3.8, 4) is 5.75 Å². The molecule has 0 radical (unpaired) electrons. The van der Waals surface area contributed by atoms with E-state index in [1.165, 1.54) is 19.3 Å². The van der Waals surface area contributed by atoms with Crippen LogP contribution in [-0.4, -0.2) is 41.1 Å². The van der Waals surface area contributed by atoms with Gasteiger partial charge in [0.25, 0.3) is 0 Å². The molecule has 1 amide bonds. The van der Waals surface area contributed by atoms with Gasteiger partial charge in [0.1, 0.15) is 5.75 Å². The second-order valence-corrected chi connectivity index (χ2v) is 6.27. The number of carbonyl (C=O) groups is 1. The Morgan fingerprint density at radius 1 is 1.29 bits per heavy atom. The molecule has 4 nitrogen and oxygen atoms in total. The van der Waals surface area contributed by atoms with Gasteiger partial charge in [-0.3, -0.25) is 4.79 Å². The molecule has 3 rings (SSSR count). The van der Waals surface area contributed by atoms with Gasteiger partial charge in [0, 0.05) is 18.6 Å². The summed E-state index contributed by atoms with van der Waals surface area (Å²) in [4.78, 5) is 14.7. The number of amides is 1. The van der Waals surface area contributed by atoms with Crippen LogP contribution in [0.5, 0.6) is 5.75 Å². The second-order valence-electron chi connectivity index (χ2n) is 6.27. The molecule has 114 valence electrons. The van der Waals surface area contributed by atoms with Gasteiger partial charge in [-0.05, 0) is 49.9 Å². The van der Waals surface area contributed by atoms with Crippen molar-refractivity contribution in [2.24, 2.45) is 0 Å². The lowest BCUT2D eigenvalue weighted by Crippen LogP contribution is -2.47. The van der Waals surface area contributed by atoms with Crippen LogP contribution in [0, 0.1) is 0 Å². The molecule has 21 heavy (non-hydrogen) atoms. The maximum atomic E-state index is 12.6. The summed E-state index contributed by atoms with van der Waals surface area (Å²) in [6.07, 6.45) is 6.34. The van der Waals surface area contributed by atoms with Crippen molar-refractivity contribution in [3.63, 3.8) is 0 Å². The molecule has 2 aliphatic rings. The van der Waals surface area contributed by atoms with E-state index in [0.29, 0.717) is 18.5 Å². The molecule has 2 N–H and O–H groups in total. The van der Waals surface area contributed by atoms with Crippen LogP contribution in [0.15, 0.2) is 24.3 Å². The zero-order valence-electron chi connectivity index (χ0n) is 12.4. The van der Waals surface area contributed by atoms with E-state index in [1.807, 2.05) is 6.07 Å². The fraction of sp³-hybridized carbons (Fsp3) is 0.588. The van der Waals surface area contributed by atoms with Crippen molar-refractivity contribution >= 4 is 5.91 Å². The van der Waals surface area contributed by atoms with Crippen molar-refractivity contribution in [2.45, 2.75) is 50.6 Å². The number of nitrogens with one attached hydrogen (secondary N) is 1. The van der Waals surface area contributed by atoms with Gasteiger partial charge in [0.05, 0.1) is 6.42 Å². The van der Waals surface area contributed by atoms with Gasteiger partial charge in [0.2, 0.25) is 5.91 Å². The number of phenolic OH excluding ortho intramolecular Hbond substituents is 1. The van der Waals surface area contributed by atoms with Crippen LogP contribution < -0.4 is 5.32 Å². The third kappa shape index (κ3) is 3.97. The van der Waals surface area contributed by atoms with E-state index >= 15 is 0 Å². The Balaban J connectivity index is 1.61. The molecule has 0 spiro atoms. The normalized spacial score (nSPS) is 22.0. The fourth-order valence-corrected chi connectivity index (χ4v) is 3.10. The molecule has 1 unspecified atom stereocenters. The Bertz CT molecular complexity index is 493. The average Bonchev–Trinajstić information content (AvgIpc) is 3.30. The van der Waals surface area contributed by atoms with Gasteiger partial charge in [0.15, 0.2) is 0 Å². The Morgan fingerprint density at radius 2 is 2.14 bits per heavy atom. The molecular weight excluding hydrogens is 264 g/mol. The largest absolute Gasteiger partial charge is 0.508 e. The molecular formula is C17H24N2O2. The minimum absolute atomic E-state index is 0.190. The van der Waals surface area contributed by atoms with Crippen LogP contribution in [-0.2, 0) is 11.2 Å². The third-order valence-electron chi connectivity index (χ3n) is 4.40. The summed E-state index contributed by atoms with van der Waals surface area (Å²) in [5.74, 6) is 0.419. The minimum Gasteiger partial charge on any atom is -0.508 e. The van der Waals surface area contributed by atoms with Crippen LogP contribution in [0.25, 0.3) is 0 Å². The highest BCUT2D eigenvalue weighted by Gasteiger charge is 2.34. The van der Waals surface area contributed by atoms with E-state index in [0.717, 1.165) is 31.5 Å². The summed E-state index contributed by atoms with van der Waals surface area (Å²) in [6, 6.07) is 7.91. The Labute approximate surface area is 126 Å². The summed E-state index contributed by atoms with van der Waals surface area (Å²) in [6.45, 7) is 1.91. The number of hydrogen-bond donors (Lipinski definition) is 2. The number of rotatable bonds is 5. The second kappa shape index (κ2) is 6.48. The Morgan fingerprint density at radius 3 is 2.81 bits per heavy atom. The zero-order chi connectivity index (χ0) is 14.7. The van der Waals surface area contributed by atoms with E-state index in [4.69, 9.17) is 0 Å². The molecule has 2 fully saturated rings. The first-order valence-corrected chi connectivity index (χ1v) is 8.03. The lowest BCUT2D eigenvalue weighted by Gasteiger charge is -2.31. The quantitative estimate of drug-likeness (QED) is 0.872. The molecule has 1 saturated carbocycles. The summed E-state index contributed by atoms with van der Waals surface area (Å²) in [5.41, 5.74) is 0.891. The fourth-order valence-electron chi connectivity index (χ4n) is 3.10. The first kappa shape index (κ1) is 14.4. The highest BCUT2D eigenvalue weighted by atomic mass is 16.3. The third-order valence-corrected chi connectivity index (χ3v) is 4.40. The molecule has 1 aliphatic carbocycles. The van der Waals surface area contributed by atoms with Gasteiger partial charge in [-0.25, -0.2) is 0 Å². The number of carbonyl (C=O) groups excluding carboxylic acids is 1. The molecule has 0 aromatic heterocycles. The number of piperidine rings is 1. The molecule has 1 saturated heterocycles. The molecule has 1 heterocycles. The monoisotopic (exact) mass is 288 g/mol. The number of benzene rings is 1. The number of hydrogen-bond acceptors (Lipinski definition) is 3. The van der Waals surface area contributed by atoms with Crippen molar-refractivity contribution < 1.29 is 9.90 Å². The number of nitrogens with zero attached hydrogens (tertiary/aromatic N) is 1. The number of phenols is 1. The summed E-state index contributed by atoms with van der Waals surface area (Å²) < 4.78 is 0. The van der Waals surface area contributed by atoms with Crippen LogP contribution in [0.1, 0.15) is 37.7 Å². The van der Waals surface area contributed by atoms with Gasteiger partial charge in [-0.1, -0.05) is 18.6 Å². The van der Waals surface area contributed by atoms with Gasteiger partial charge in [-0.15, -0.1) is 0 Å². The summed E-state index contributed by atoms with van der Waals surface area (Å²) in [7, 11) is 0. The zero-order valence-corrected chi connectivity index (χ0v) is 12.4. The Kier molecular flexibility index (Phi) is 4.44. The molecule has 1 aliphatic heterocycles. The highest BCUT2D eigenvalue weighted by Crippen LogP contribution is 2.28. The predicted molar refractivity (Wildman–Crippen MR) is 82.2 cm³/mol. The topological polar surface area (TPSA) is 52.6 Å². The molecule has 0 bridgehead atoms. The number of aromatic hydroxyl groups is 1. The maximum absolute atomic E-state index is 12.6. The van der Waals surface area contributed by atoms with Gasteiger partial charge in [-0.2, -0.15) is 0 Å². The Hall–Kier alpha value is -1.55. The van der Waals surface area contributed by atoms with E-state index in [2.05, 4.69) is 10.2 Å². The molecule has 4 heteroatoms. The van der Waals surface area contributed by atoms with E-state index in [9.17, 15) is 9.90 Å². The predicted octanol–water partition coefficient (Wildman–Crippen LogP) is 2.07. The molecule has 1 aromatic carbocycles. The van der Waals surface area contributed by atoms with Gasteiger partial charge >= 0.3 is 0 Å². The van der Waals surface area contributed by atoms with Crippen LogP contribution in [0.4, 0.5) is 0 Å². The van der Waals surface area contributed by atoms with Gasteiger partial charge < -0.3 is 15.3 Å². The van der Waals surface area contributed by atoms with E-state index in [-0.39, 0.29) is 11.7 Å². The van der Waals surface area contributed by atoms with E-state index in [1.54, 1.807) is 18.2 Å². The van der Waals surface area contributed by atoms with Crippen molar-refractivity contribution in [3.05, 3.63) is 29.8 Å². The van der Waals surface area contributed by atoms with Crippen LogP contribution in [0.3, 0.4) is 0 Å². The first-order valence-electron chi connectivity index (χ1n) is 8.03. The summed E-state index contributed by atoms with van der Waals surface area (Å²) in [5, 5.41) is 13.0. The minimum atomic E-state index is 0.190. The lowest BCUT2D eigenvalue weighted by atomic mass is 10.0. The lowest BCUT2D eigenvalue weighted by molar-refractivity contribution is -0.131. The SMILES string of the molecule is O=C(Cc1cccc(O)c1)N(CC1CCCCN1)C1CC1. The van der Waals surface area contributed by atoms with Crippen molar-refractivity contribution in [2.75, 3.05) is 13.1 Å². The smallest absolute Gasteiger partial charge is 0.227 e. The van der Waals surface area contributed by atoms with Crippen LogP contribution in [0.2, 0.25) is 0 Å². The molecule has 1 atom stereocenters. The van der Waals surface area contributed by atoms with E-state index < -0.39 is 0 Å². The highest BCUT2D eigenvalue weighted by molar-refractivity contribution is 5.79. The van der Waals surface area contributed by atoms with Crippen LogP contribution >= 0.6 is 0 Å². The summed E-state index contributed by atoms with van der Waals surface area (Å²) >= 11 is 0.